The van der Waals surface area contributed by atoms with Crippen molar-refractivity contribution in [3.8, 4) is 11.1 Å². The molecule has 1 aliphatic heterocycles. The van der Waals surface area contributed by atoms with Crippen LogP contribution in [0.4, 0.5) is 0 Å². The predicted molar refractivity (Wildman–Crippen MR) is 73.5 cm³/mol. The van der Waals surface area contributed by atoms with Crippen LogP contribution in [0.2, 0.25) is 0 Å². The lowest BCUT2D eigenvalue weighted by Gasteiger charge is -2.04. The highest BCUT2D eigenvalue weighted by Crippen LogP contribution is 2.21. The van der Waals surface area contributed by atoms with E-state index in [0.29, 0.717) is 12.5 Å². The van der Waals surface area contributed by atoms with E-state index in [1.807, 2.05) is 30.3 Å². The fraction of sp³-hybridized carbons (Fsp3) is 0.0625. The number of aliphatic imine (C=N–C) groups is 1. The van der Waals surface area contributed by atoms with E-state index < -0.39 is 0 Å². The average molecular weight is 235 g/mol. The van der Waals surface area contributed by atoms with Crippen molar-refractivity contribution >= 4 is 5.90 Å². The molecule has 0 N–H and O–H groups in total. The van der Waals surface area contributed by atoms with Crippen LogP contribution in [0.5, 0.6) is 0 Å². The predicted octanol–water partition coefficient (Wildman–Crippen LogP) is 3.64. The number of nitrogens with zero attached hydrogens (tertiary/aromatic N) is 1. The van der Waals surface area contributed by atoms with E-state index in [1.54, 1.807) is 0 Å². The van der Waals surface area contributed by atoms with Gasteiger partial charge < -0.3 is 4.74 Å². The average Bonchev–Trinajstić information content (AvgIpc) is 2.87. The Morgan fingerprint density at radius 1 is 0.833 bits per heavy atom. The molecule has 0 saturated carbocycles. The second-order valence-electron chi connectivity index (χ2n) is 4.22. The number of ether oxygens (including phenoxy) is 1. The Morgan fingerprint density at radius 3 is 2.06 bits per heavy atom. The molecule has 2 heteroatoms. The van der Waals surface area contributed by atoms with Crippen molar-refractivity contribution in [2.45, 2.75) is 0 Å². The van der Waals surface area contributed by atoms with Gasteiger partial charge in [0.15, 0.2) is 0 Å². The Morgan fingerprint density at radius 2 is 1.44 bits per heavy atom. The maximum Gasteiger partial charge on any atom is 0.221 e. The maximum absolute atomic E-state index is 5.45. The van der Waals surface area contributed by atoms with Gasteiger partial charge in [-0.1, -0.05) is 49.0 Å². The van der Waals surface area contributed by atoms with Crippen LogP contribution in [0, 0.1) is 0 Å². The van der Waals surface area contributed by atoms with Gasteiger partial charge >= 0.3 is 0 Å². The van der Waals surface area contributed by atoms with E-state index in [4.69, 9.17) is 4.74 Å². The summed E-state index contributed by atoms with van der Waals surface area (Å²) in [5.74, 6) is 0.666. The van der Waals surface area contributed by atoms with Crippen molar-refractivity contribution < 1.29 is 4.74 Å². The summed E-state index contributed by atoms with van der Waals surface area (Å²) in [5.41, 5.74) is 4.17. The first kappa shape index (κ1) is 10.8. The largest absolute Gasteiger partial charge is 0.471 e. The molecule has 0 bridgehead atoms. The Kier molecular flexibility index (Phi) is 2.69. The van der Waals surface area contributed by atoms with E-state index in [-0.39, 0.29) is 0 Å². The first-order chi connectivity index (χ1) is 8.83. The molecule has 0 spiro atoms. The summed E-state index contributed by atoms with van der Waals surface area (Å²) >= 11 is 0. The van der Waals surface area contributed by atoms with E-state index >= 15 is 0 Å². The summed E-state index contributed by atoms with van der Waals surface area (Å²) in [4.78, 5) is 4.26. The third-order valence-corrected chi connectivity index (χ3v) is 2.87. The SMILES string of the molecule is C=C1COC(c2ccc(-c3ccccc3)cc2)=N1. The molecular formula is C16H13NO. The molecule has 0 unspecified atom stereocenters. The van der Waals surface area contributed by atoms with Crippen molar-refractivity contribution in [2.24, 2.45) is 4.99 Å². The third kappa shape index (κ3) is 2.05. The minimum atomic E-state index is 0.496. The lowest BCUT2D eigenvalue weighted by Crippen LogP contribution is -2.00. The van der Waals surface area contributed by atoms with Crippen LogP contribution in [0.1, 0.15) is 5.56 Å². The zero-order valence-corrected chi connectivity index (χ0v) is 9.97. The summed E-state index contributed by atoms with van der Waals surface area (Å²) in [5, 5.41) is 0. The molecule has 2 aromatic rings. The van der Waals surface area contributed by atoms with Crippen LogP contribution >= 0.6 is 0 Å². The number of rotatable bonds is 2. The minimum absolute atomic E-state index is 0.496. The molecule has 0 aromatic heterocycles. The van der Waals surface area contributed by atoms with Crippen LogP contribution in [0.3, 0.4) is 0 Å². The molecule has 2 nitrogen and oxygen atoms in total. The van der Waals surface area contributed by atoms with Crippen LogP contribution in [-0.4, -0.2) is 12.5 Å². The quantitative estimate of drug-likeness (QED) is 0.778. The van der Waals surface area contributed by atoms with E-state index in [2.05, 4.69) is 35.8 Å². The summed E-state index contributed by atoms with van der Waals surface area (Å²) < 4.78 is 5.45. The molecule has 0 atom stereocenters. The van der Waals surface area contributed by atoms with E-state index in [9.17, 15) is 0 Å². The summed E-state index contributed by atoms with van der Waals surface area (Å²) in [6.07, 6.45) is 0. The van der Waals surface area contributed by atoms with Crippen molar-refractivity contribution in [3.05, 3.63) is 72.4 Å². The third-order valence-electron chi connectivity index (χ3n) is 2.87. The first-order valence-electron chi connectivity index (χ1n) is 5.88. The van der Waals surface area contributed by atoms with Gasteiger partial charge in [0.2, 0.25) is 5.90 Å². The number of hydrogen-bond donors (Lipinski definition) is 0. The fourth-order valence-corrected chi connectivity index (χ4v) is 1.94. The zero-order chi connectivity index (χ0) is 12.4. The Labute approximate surface area is 106 Å². The molecule has 1 heterocycles. The standard InChI is InChI=1S/C16H13NO/c1-12-11-18-16(17-12)15-9-7-14(8-10-15)13-5-3-2-4-6-13/h2-10H,1,11H2. The monoisotopic (exact) mass is 235 g/mol. The molecule has 2 aromatic carbocycles. The maximum atomic E-state index is 5.45. The van der Waals surface area contributed by atoms with Crippen molar-refractivity contribution in [3.63, 3.8) is 0 Å². The van der Waals surface area contributed by atoms with Gasteiger partial charge in [-0.2, -0.15) is 0 Å². The molecule has 88 valence electrons. The van der Waals surface area contributed by atoms with Crippen LogP contribution in [-0.2, 0) is 4.74 Å². The minimum Gasteiger partial charge on any atom is -0.471 e. The highest BCUT2D eigenvalue weighted by atomic mass is 16.5. The Balaban J connectivity index is 1.90. The van der Waals surface area contributed by atoms with Crippen LogP contribution < -0.4 is 0 Å². The molecule has 0 saturated heterocycles. The summed E-state index contributed by atoms with van der Waals surface area (Å²) in [6, 6.07) is 18.5. The van der Waals surface area contributed by atoms with Crippen LogP contribution in [0.25, 0.3) is 11.1 Å². The lowest BCUT2D eigenvalue weighted by molar-refractivity contribution is 0.364. The molecule has 18 heavy (non-hydrogen) atoms. The van der Waals surface area contributed by atoms with Gasteiger partial charge in [-0.3, -0.25) is 0 Å². The summed E-state index contributed by atoms with van der Waals surface area (Å²) in [6.45, 7) is 4.28. The molecule has 0 amide bonds. The smallest absolute Gasteiger partial charge is 0.221 e. The Hall–Kier alpha value is -2.35. The van der Waals surface area contributed by atoms with Gasteiger partial charge in [0, 0.05) is 5.56 Å². The number of hydrogen-bond acceptors (Lipinski definition) is 2. The zero-order valence-electron chi connectivity index (χ0n) is 9.97. The second kappa shape index (κ2) is 4.49. The molecule has 3 rings (SSSR count). The van der Waals surface area contributed by atoms with Crippen LogP contribution in [0.15, 0.2) is 71.9 Å². The van der Waals surface area contributed by atoms with Gasteiger partial charge in [0.05, 0.1) is 5.70 Å². The highest BCUT2D eigenvalue weighted by molar-refractivity contribution is 5.96. The van der Waals surface area contributed by atoms with Gasteiger partial charge in [-0.25, -0.2) is 4.99 Å². The molecule has 1 aliphatic rings. The van der Waals surface area contributed by atoms with Gasteiger partial charge in [-0.15, -0.1) is 0 Å². The molecular weight excluding hydrogens is 222 g/mol. The van der Waals surface area contributed by atoms with E-state index in [1.165, 1.54) is 11.1 Å². The summed E-state index contributed by atoms with van der Waals surface area (Å²) in [7, 11) is 0. The van der Waals surface area contributed by atoms with Gasteiger partial charge in [0.25, 0.3) is 0 Å². The normalized spacial score (nSPS) is 14.2. The van der Waals surface area contributed by atoms with Crippen molar-refractivity contribution in [1.82, 2.24) is 0 Å². The van der Waals surface area contributed by atoms with Gasteiger partial charge in [0.1, 0.15) is 6.61 Å². The molecule has 0 radical (unpaired) electrons. The Bertz CT molecular complexity index is 597. The first-order valence-corrected chi connectivity index (χ1v) is 5.88. The molecule has 0 aliphatic carbocycles. The number of benzene rings is 2. The topological polar surface area (TPSA) is 21.6 Å². The fourth-order valence-electron chi connectivity index (χ4n) is 1.94. The van der Waals surface area contributed by atoms with Crippen molar-refractivity contribution in [1.29, 1.82) is 0 Å². The lowest BCUT2D eigenvalue weighted by atomic mass is 10.0. The molecule has 0 fully saturated rings. The van der Waals surface area contributed by atoms with Gasteiger partial charge in [-0.05, 0) is 23.3 Å². The second-order valence-corrected chi connectivity index (χ2v) is 4.22. The van der Waals surface area contributed by atoms with E-state index in [0.717, 1.165) is 11.3 Å². The van der Waals surface area contributed by atoms with Crippen molar-refractivity contribution in [2.75, 3.05) is 6.61 Å². The highest BCUT2D eigenvalue weighted by Gasteiger charge is 2.12.